The van der Waals surface area contributed by atoms with Gasteiger partial charge in [0.15, 0.2) is 12.6 Å². The molecule has 2 aromatic heterocycles. The second-order valence-corrected chi connectivity index (χ2v) is 14.1. The molecule has 0 saturated heterocycles. The van der Waals surface area contributed by atoms with Crippen molar-refractivity contribution < 1.29 is 14.3 Å². The first-order valence-corrected chi connectivity index (χ1v) is 18.2. The highest BCUT2D eigenvalue weighted by Gasteiger charge is 2.42. The van der Waals surface area contributed by atoms with E-state index in [-0.39, 0.29) is 5.60 Å². The summed E-state index contributed by atoms with van der Waals surface area (Å²) in [6.07, 6.45) is 30.2. The molecule has 0 saturated carbocycles. The van der Waals surface area contributed by atoms with E-state index in [1.807, 2.05) is 6.07 Å². The lowest BCUT2D eigenvalue weighted by molar-refractivity contribution is 0.0396. The summed E-state index contributed by atoms with van der Waals surface area (Å²) in [5, 5.41) is 0. The first-order chi connectivity index (χ1) is 19.7. The van der Waals surface area contributed by atoms with E-state index < -0.39 is 0 Å². The number of hydrogen-bond acceptors (Lipinski definition) is 5. The van der Waals surface area contributed by atoms with E-state index in [0.717, 1.165) is 58.6 Å². The van der Waals surface area contributed by atoms with Crippen molar-refractivity contribution >= 4 is 35.2 Å². The molecule has 1 aliphatic rings. The van der Waals surface area contributed by atoms with Gasteiger partial charge in [-0.25, -0.2) is 0 Å². The zero-order chi connectivity index (χ0) is 28.5. The van der Waals surface area contributed by atoms with E-state index in [9.17, 15) is 9.59 Å². The second-order valence-electron chi connectivity index (χ2n) is 11.9. The van der Waals surface area contributed by atoms with E-state index in [4.69, 9.17) is 4.74 Å². The molecule has 3 nitrogen and oxygen atoms in total. The molecule has 0 bridgehead atoms. The summed E-state index contributed by atoms with van der Waals surface area (Å²) in [4.78, 5) is 27.1. The van der Waals surface area contributed by atoms with Crippen LogP contribution in [0, 0.1) is 0 Å². The smallest absolute Gasteiger partial charge is 0.160 e. The largest absolute Gasteiger partial charge is 0.481 e. The van der Waals surface area contributed by atoms with Crippen LogP contribution in [0.2, 0.25) is 0 Å². The molecule has 0 aliphatic carbocycles. The molecular formula is C35H54O3S2. The van der Waals surface area contributed by atoms with Crippen LogP contribution in [0.4, 0.5) is 0 Å². The van der Waals surface area contributed by atoms with Crippen LogP contribution in [-0.2, 0) is 5.60 Å². The van der Waals surface area contributed by atoms with Crippen LogP contribution in [0.1, 0.15) is 180 Å². The van der Waals surface area contributed by atoms with E-state index >= 15 is 0 Å². The van der Waals surface area contributed by atoms with Gasteiger partial charge in [0.05, 0.1) is 19.5 Å². The van der Waals surface area contributed by atoms with Crippen molar-refractivity contribution in [2.45, 2.75) is 161 Å². The number of thiophene rings is 2. The van der Waals surface area contributed by atoms with Crippen molar-refractivity contribution in [1.82, 2.24) is 0 Å². The van der Waals surface area contributed by atoms with Crippen molar-refractivity contribution in [2.24, 2.45) is 0 Å². The minimum absolute atomic E-state index is 0.387. The summed E-state index contributed by atoms with van der Waals surface area (Å²) in [6.45, 7) is 4.55. The number of unbranched alkanes of at least 4 members (excludes halogenated alkanes) is 18. The third kappa shape index (κ3) is 10.1. The predicted molar refractivity (Wildman–Crippen MR) is 174 cm³/mol. The number of aldehydes is 2. The SMILES string of the molecule is CCCCCCCCCCCCC1(CCCCCCCCCCCC)Oc2cc(C=O)sc2-c2sc(C=O)cc21. The van der Waals surface area contributed by atoms with E-state index in [2.05, 4.69) is 19.9 Å². The van der Waals surface area contributed by atoms with Gasteiger partial charge in [-0.1, -0.05) is 129 Å². The minimum atomic E-state index is -0.387. The molecule has 0 unspecified atom stereocenters. The molecule has 0 amide bonds. The zero-order valence-electron chi connectivity index (χ0n) is 25.4. The Labute approximate surface area is 252 Å². The average Bonchev–Trinajstić information content (AvgIpc) is 3.59. The molecule has 0 atom stereocenters. The number of hydrogen-bond donors (Lipinski definition) is 0. The molecule has 0 spiro atoms. The minimum Gasteiger partial charge on any atom is -0.481 e. The first kappa shape index (κ1) is 33.0. The maximum absolute atomic E-state index is 11.8. The standard InChI is InChI=1S/C35H54O3S2/c1-3-5-7-9-11-13-15-17-19-21-23-35(24-22-20-18-16-14-12-10-8-6-4-2)31-25-29(27-36)39-33(31)34-32(38-35)26-30(28-37)40-34/h25-28H,3-24H2,1-2H3. The van der Waals surface area contributed by atoms with Gasteiger partial charge in [-0.2, -0.15) is 0 Å². The molecule has 0 fully saturated rings. The fourth-order valence-electron chi connectivity index (χ4n) is 6.22. The van der Waals surface area contributed by atoms with Gasteiger partial charge in [-0.3, -0.25) is 9.59 Å². The zero-order valence-corrected chi connectivity index (χ0v) is 27.0. The van der Waals surface area contributed by atoms with Gasteiger partial charge in [0.25, 0.3) is 0 Å². The first-order valence-electron chi connectivity index (χ1n) is 16.5. The van der Waals surface area contributed by atoms with E-state index in [1.54, 1.807) is 11.3 Å². The Hall–Kier alpha value is -1.46. The summed E-state index contributed by atoms with van der Waals surface area (Å²) >= 11 is 3.06. The Kier molecular flexibility index (Phi) is 15.6. The highest BCUT2D eigenvalue weighted by atomic mass is 32.1. The lowest BCUT2D eigenvalue weighted by Crippen LogP contribution is -2.35. The van der Waals surface area contributed by atoms with Crippen molar-refractivity contribution in [3.8, 4) is 15.5 Å². The van der Waals surface area contributed by atoms with Crippen LogP contribution in [0.25, 0.3) is 9.75 Å². The fraction of sp³-hybridized carbons (Fsp3) is 0.714. The van der Waals surface area contributed by atoms with Gasteiger partial charge >= 0.3 is 0 Å². The molecule has 3 rings (SSSR count). The predicted octanol–water partition coefficient (Wildman–Crippen LogP) is 12.3. The summed E-state index contributed by atoms with van der Waals surface area (Å²) in [5.41, 5.74) is 0.806. The molecule has 0 N–H and O–H groups in total. The molecule has 1 aliphatic heterocycles. The maximum Gasteiger partial charge on any atom is 0.160 e. The third-order valence-electron chi connectivity index (χ3n) is 8.57. The van der Waals surface area contributed by atoms with Gasteiger partial charge in [0.2, 0.25) is 0 Å². The summed E-state index contributed by atoms with van der Waals surface area (Å²) < 4.78 is 6.89. The van der Waals surface area contributed by atoms with Crippen molar-refractivity contribution in [1.29, 1.82) is 0 Å². The van der Waals surface area contributed by atoms with Crippen molar-refractivity contribution in [3.05, 3.63) is 27.5 Å². The second kappa shape index (κ2) is 18.9. The number of carbonyl (C=O) groups excluding carboxylic acids is 2. The molecule has 0 aromatic carbocycles. The molecule has 3 heterocycles. The van der Waals surface area contributed by atoms with Crippen LogP contribution in [0.3, 0.4) is 0 Å². The van der Waals surface area contributed by atoms with E-state index in [0.29, 0.717) is 4.88 Å². The summed E-state index contributed by atoms with van der Waals surface area (Å²) in [6, 6.07) is 4.00. The van der Waals surface area contributed by atoms with Gasteiger partial charge in [-0.05, 0) is 31.7 Å². The van der Waals surface area contributed by atoms with Crippen LogP contribution >= 0.6 is 22.7 Å². The Morgan fingerprint density at radius 1 is 0.575 bits per heavy atom. The van der Waals surface area contributed by atoms with Crippen molar-refractivity contribution in [3.63, 3.8) is 0 Å². The molecule has 0 radical (unpaired) electrons. The summed E-state index contributed by atoms with van der Waals surface area (Å²) in [5.74, 6) is 0.845. The van der Waals surface area contributed by atoms with Crippen LogP contribution in [0.5, 0.6) is 5.75 Å². The Morgan fingerprint density at radius 2 is 0.975 bits per heavy atom. The topological polar surface area (TPSA) is 43.4 Å². The van der Waals surface area contributed by atoms with Crippen LogP contribution in [0.15, 0.2) is 12.1 Å². The van der Waals surface area contributed by atoms with Crippen molar-refractivity contribution in [2.75, 3.05) is 0 Å². The molecule has 40 heavy (non-hydrogen) atoms. The highest BCUT2D eigenvalue weighted by molar-refractivity contribution is 7.24. The fourth-order valence-corrected chi connectivity index (χ4v) is 8.33. The highest BCUT2D eigenvalue weighted by Crippen LogP contribution is 2.55. The summed E-state index contributed by atoms with van der Waals surface area (Å²) in [7, 11) is 0. The Bertz CT molecular complexity index is 965. The Morgan fingerprint density at radius 3 is 1.43 bits per heavy atom. The third-order valence-corrected chi connectivity index (χ3v) is 10.8. The molecule has 5 heteroatoms. The van der Waals surface area contributed by atoms with Crippen LogP contribution in [-0.4, -0.2) is 12.6 Å². The lowest BCUT2D eigenvalue weighted by atomic mass is 9.81. The number of carbonyl (C=O) groups is 2. The number of rotatable bonds is 24. The monoisotopic (exact) mass is 586 g/mol. The molecule has 2 aromatic rings. The Balaban J connectivity index is 1.58. The average molecular weight is 587 g/mol. The quantitative estimate of drug-likeness (QED) is 0.0907. The van der Waals surface area contributed by atoms with Gasteiger partial charge < -0.3 is 4.74 Å². The number of fused-ring (bicyclic) bond motifs is 3. The number of ether oxygens (including phenoxy) is 1. The van der Waals surface area contributed by atoms with Gasteiger partial charge in [0.1, 0.15) is 11.4 Å². The normalized spacial score (nSPS) is 13.6. The van der Waals surface area contributed by atoms with Gasteiger partial charge in [0, 0.05) is 11.6 Å². The van der Waals surface area contributed by atoms with Crippen LogP contribution < -0.4 is 4.74 Å². The van der Waals surface area contributed by atoms with E-state index in [1.165, 1.54) is 132 Å². The van der Waals surface area contributed by atoms with Gasteiger partial charge in [-0.15, -0.1) is 22.7 Å². The molecular weight excluding hydrogens is 533 g/mol. The molecule has 224 valence electrons. The lowest BCUT2D eigenvalue weighted by Gasteiger charge is -2.38. The maximum atomic E-state index is 11.8.